The highest BCUT2D eigenvalue weighted by Gasteiger charge is 2.39. The van der Waals surface area contributed by atoms with Crippen LogP contribution in [-0.2, 0) is 0 Å². The molecule has 0 saturated carbocycles. The summed E-state index contributed by atoms with van der Waals surface area (Å²) in [5.41, 5.74) is -1.17. The third-order valence-electron chi connectivity index (χ3n) is 3.77. The lowest BCUT2D eigenvalue weighted by Gasteiger charge is -2.20. The van der Waals surface area contributed by atoms with E-state index < -0.39 is 23.5 Å². The van der Waals surface area contributed by atoms with Gasteiger partial charge in [-0.3, -0.25) is 9.78 Å². The van der Waals surface area contributed by atoms with Crippen molar-refractivity contribution in [2.45, 2.75) is 38.5 Å². The molecule has 0 spiro atoms. The van der Waals surface area contributed by atoms with E-state index in [0.29, 0.717) is 6.42 Å². The summed E-state index contributed by atoms with van der Waals surface area (Å²) in [5.74, 6) is 0.0892. The molecule has 0 amide bonds. The first-order valence-electron chi connectivity index (χ1n) is 7.48. The molecular weight excluding hydrogens is 323 g/mol. The molecular formula is C16H18F3N3O2. The molecule has 0 radical (unpaired) electrons. The molecule has 5 nitrogen and oxygen atoms in total. The van der Waals surface area contributed by atoms with Crippen molar-refractivity contribution in [1.82, 2.24) is 9.55 Å². The molecule has 24 heavy (non-hydrogen) atoms. The third kappa shape index (κ3) is 3.87. The van der Waals surface area contributed by atoms with Gasteiger partial charge in [-0.2, -0.15) is 13.2 Å². The van der Waals surface area contributed by atoms with E-state index in [0.717, 1.165) is 18.6 Å². The lowest BCUT2D eigenvalue weighted by atomic mass is 10.0. The van der Waals surface area contributed by atoms with E-state index in [9.17, 15) is 22.8 Å². The van der Waals surface area contributed by atoms with Crippen LogP contribution in [0.2, 0.25) is 0 Å². The number of benzene rings is 1. The van der Waals surface area contributed by atoms with E-state index >= 15 is 0 Å². The zero-order valence-corrected chi connectivity index (χ0v) is 13.2. The Morgan fingerprint density at radius 3 is 2.33 bits per heavy atom. The smallest absolute Gasteiger partial charge is 0.365 e. The van der Waals surface area contributed by atoms with Crippen molar-refractivity contribution in [1.29, 1.82) is 0 Å². The maximum atomic E-state index is 12.8. The van der Waals surface area contributed by atoms with Gasteiger partial charge in [0, 0.05) is 6.07 Å². The molecule has 1 aromatic carbocycles. The van der Waals surface area contributed by atoms with Crippen molar-refractivity contribution in [3.63, 3.8) is 0 Å². The average Bonchev–Trinajstić information content (AvgIpc) is 2.51. The highest BCUT2D eigenvalue weighted by atomic mass is 19.4. The summed E-state index contributed by atoms with van der Waals surface area (Å²) in [6.07, 6.45) is -4.02. The van der Waals surface area contributed by atoms with Crippen LogP contribution in [0.4, 0.5) is 19.0 Å². The summed E-state index contributed by atoms with van der Waals surface area (Å²) in [6, 6.07) is 7.92. The first kappa shape index (κ1) is 17.8. The fourth-order valence-electron chi connectivity index (χ4n) is 2.39. The van der Waals surface area contributed by atoms with Crippen LogP contribution >= 0.6 is 0 Å². The minimum atomic E-state index is -4.68. The van der Waals surface area contributed by atoms with Gasteiger partial charge in [-0.1, -0.05) is 37.3 Å². The fraction of sp³-hybridized carbons (Fsp3) is 0.375. The van der Waals surface area contributed by atoms with E-state index in [4.69, 9.17) is 0 Å². The second-order valence-electron chi connectivity index (χ2n) is 5.43. The van der Waals surface area contributed by atoms with Crippen LogP contribution in [0.1, 0.15) is 37.9 Å². The van der Waals surface area contributed by atoms with Crippen LogP contribution in [0, 0.1) is 0 Å². The van der Waals surface area contributed by atoms with Gasteiger partial charge in [-0.05, 0) is 18.9 Å². The largest absolute Gasteiger partial charge is 0.409 e. The van der Waals surface area contributed by atoms with Crippen LogP contribution in [0.25, 0.3) is 0 Å². The highest BCUT2D eigenvalue weighted by Crippen LogP contribution is 2.28. The molecule has 1 heterocycles. The molecule has 0 aliphatic heterocycles. The molecule has 0 fully saturated rings. The first-order valence-corrected chi connectivity index (χ1v) is 7.48. The maximum Gasteiger partial charge on any atom is 0.409 e. The number of alkyl halides is 3. The Balaban J connectivity index is 2.34. The van der Waals surface area contributed by atoms with E-state index in [1.807, 2.05) is 37.3 Å². The second-order valence-corrected chi connectivity index (χ2v) is 5.43. The molecule has 2 atom stereocenters. The number of hydrogen-bond acceptors (Lipinski definition) is 3. The lowest BCUT2D eigenvalue weighted by molar-refractivity contribution is -0.164. The molecule has 2 rings (SSSR count). The summed E-state index contributed by atoms with van der Waals surface area (Å²) in [4.78, 5) is 26.2. The summed E-state index contributed by atoms with van der Waals surface area (Å²) in [7, 11) is 0. The van der Waals surface area contributed by atoms with E-state index in [-0.39, 0.29) is 16.4 Å². The number of halogens is 3. The molecule has 0 saturated heterocycles. The van der Waals surface area contributed by atoms with Crippen molar-refractivity contribution in [2.24, 2.45) is 0 Å². The topological polar surface area (TPSA) is 66.9 Å². The predicted octanol–water partition coefficient (Wildman–Crippen LogP) is 3.22. The number of aromatic amines is 1. The SMILES string of the molecule is CC[C@H](Nc1cc(=O)n(C(C)C(F)(F)F)c(=O)[nH]1)c1ccccc1. The van der Waals surface area contributed by atoms with Crippen molar-refractivity contribution in [3.8, 4) is 0 Å². The molecule has 8 heteroatoms. The molecule has 1 aromatic heterocycles. The van der Waals surface area contributed by atoms with Crippen LogP contribution in [0.15, 0.2) is 46.0 Å². The van der Waals surface area contributed by atoms with Gasteiger partial charge in [-0.25, -0.2) is 9.36 Å². The highest BCUT2D eigenvalue weighted by molar-refractivity contribution is 5.37. The monoisotopic (exact) mass is 341 g/mol. The molecule has 1 unspecified atom stereocenters. The summed E-state index contributed by atoms with van der Waals surface area (Å²) in [5, 5.41) is 2.98. The van der Waals surface area contributed by atoms with E-state index in [2.05, 4.69) is 10.3 Å². The summed E-state index contributed by atoms with van der Waals surface area (Å²) < 4.78 is 38.4. The van der Waals surface area contributed by atoms with Gasteiger partial charge in [0.05, 0.1) is 6.04 Å². The quantitative estimate of drug-likeness (QED) is 0.877. The first-order chi connectivity index (χ1) is 11.2. The Labute approximate surface area is 136 Å². The third-order valence-corrected chi connectivity index (χ3v) is 3.77. The number of H-pyrrole nitrogens is 1. The number of aromatic nitrogens is 2. The molecule has 0 bridgehead atoms. The van der Waals surface area contributed by atoms with Crippen LogP contribution in [0.5, 0.6) is 0 Å². The number of rotatable bonds is 5. The van der Waals surface area contributed by atoms with E-state index in [1.165, 1.54) is 0 Å². The minimum absolute atomic E-state index is 0.0892. The fourth-order valence-corrected chi connectivity index (χ4v) is 2.39. The Morgan fingerprint density at radius 2 is 1.83 bits per heavy atom. The zero-order chi connectivity index (χ0) is 17.9. The zero-order valence-electron chi connectivity index (χ0n) is 13.2. The predicted molar refractivity (Wildman–Crippen MR) is 85.2 cm³/mol. The minimum Gasteiger partial charge on any atom is -0.365 e. The molecule has 2 aromatic rings. The maximum absolute atomic E-state index is 12.8. The van der Waals surface area contributed by atoms with Crippen LogP contribution in [0.3, 0.4) is 0 Å². The van der Waals surface area contributed by atoms with Gasteiger partial charge >= 0.3 is 11.9 Å². The van der Waals surface area contributed by atoms with Crippen molar-refractivity contribution >= 4 is 5.82 Å². The van der Waals surface area contributed by atoms with Crippen LogP contribution < -0.4 is 16.6 Å². The van der Waals surface area contributed by atoms with Gasteiger partial charge in [0.25, 0.3) is 5.56 Å². The van der Waals surface area contributed by atoms with Gasteiger partial charge in [0.15, 0.2) is 0 Å². The molecule has 0 aliphatic rings. The number of hydrogen-bond donors (Lipinski definition) is 2. The van der Waals surface area contributed by atoms with Crippen molar-refractivity contribution in [3.05, 3.63) is 62.8 Å². The van der Waals surface area contributed by atoms with Gasteiger partial charge in [0.2, 0.25) is 0 Å². The Kier molecular flexibility index (Phi) is 5.16. The Bertz CT molecular complexity index is 765. The Hall–Kier alpha value is -2.51. The number of nitrogens with one attached hydrogen (secondary N) is 2. The second kappa shape index (κ2) is 6.94. The van der Waals surface area contributed by atoms with Gasteiger partial charge in [0.1, 0.15) is 11.9 Å². The summed E-state index contributed by atoms with van der Waals surface area (Å²) >= 11 is 0. The van der Waals surface area contributed by atoms with Crippen LogP contribution in [-0.4, -0.2) is 15.7 Å². The number of anilines is 1. The van der Waals surface area contributed by atoms with Gasteiger partial charge in [-0.15, -0.1) is 0 Å². The van der Waals surface area contributed by atoms with E-state index in [1.54, 1.807) is 0 Å². The van der Waals surface area contributed by atoms with Crippen molar-refractivity contribution in [2.75, 3.05) is 5.32 Å². The Morgan fingerprint density at radius 1 is 1.21 bits per heavy atom. The molecule has 0 aliphatic carbocycles. The molecule has 2 N–H and O–H groups in total. The lowest BCUT2D eigenvalue weighted by Crippen LogP contribution is -2.42. The summed E-state index contributed by atoms with van der Waals surface area (Å²) in [6.45, 7) is 2.68. The van der Waals surface area contributed by atoms with Gasteiger partial charge < -0.3 is 5.32 Å². The van der Waals surface area contributed by atoms with Crippen molar-refractivity contribution < 1.29 is 13.2 Å². The standard InChI is InChI=1S/C16H18F3N3O2/c1-3-12(11-7-5-4-6-8-11)20-13-9-14(23)22(15(24)21-13)10(2)16(17,18)19/h4-10,12,20H,3H2,1-2H3,(H,21,24)/t10?,12-/m0/s1. The normalized spacial score (nSPS) is 14.2. The number of nitrogens with zero attached hydrogens (tertiary/aromatic N) is 1. The molecule has 130 valence electrons. The average molecular weight is 341 g/mol.